The van der Waals surface area contributed by atoms with Gasteiger partial charge in [0.05, 0.1) is 19.3 Å². The molecule has 2 aliphatic heterocycles. The second-order valence-corrected chi connectivity index (χ2v) is 3.77. The lowest BCUT2D eigenvalue weighted by molar-refractivity contribution is -0.119. The van der Waals surface area contributed by atoms with Gasteiger partial charge in [0.15, 0.2) is 0 Å². The van der Waals surface area contributed by atoms with Crippen LogP contribution in [0.5, 0.6) is 0 Å². The van der Waals surface area contributed by atoms with Gasteiger partial charge >= 0.3 is 0 Å². The number of likely N-dealkylation sites (tertiary alicyclic amines) is 1. The largest absolute Gasteiger partial charge is 0.392 e. The average Bonchev–Trinajstić information content (AvgIpc) is 1.92. The minimum absolute atomic E-state index is 0.111. The summed E-state index contributed by atoms with van der Waals surface area (Å²) in [5.41, 5.74) is 0. The molecule has 0 aromatic carbocycles. The highest BCUT2D eigenvalue weighted by Crippen LogP contribution is 2.26. The van der Waals surface area contributed by atoms with Crippen LogP contribution in [0.3, 0.4) is 0 Å². The van der Waals surface area contributed by atoms with Gasteiger partial charge in [0.2, 0.25) is 0 Å². The zero-order valence-electron chi connectivity index (χ0n) is 6.86. The van der Waals surface area contributed by atoms with Crippen molar-refractivity contribution in [1.82, 2.24) is 4.90 Å². The standard InChI is InChI=1S/C8H15NO2/c1-9-2-6-4-11-5-7(3-9)8(6)10/h6-8,10H,2-5H2,1H3. The molecule has 2 bridgehead atoms. The van der Waals surface area contributed by atoms with Crippen LogP contribution in [0, 0.1) is 11.8 Å². The van der Waals surface area contributed by atoms with E-state index in [2.05, 4.69) is 11.9 Å². The van der Waals surface area contributed by atoms with E-state index in [9.17, 15) is 5.11 Å². The minimum Gasteiger partial charge on any atom is -0.392 e. The van der Waals surface area contributed by atoms with Gasteiger partial charge in [-0.15, -0.1) is 0 Å². The van der Waals surface area contributed by atoms with E-state index in [1.54, 1.807) is 0 Å². The van der Waals surface area contributed by atoms with Crippen molar-refractivity contribution in [1.29, 1.82) is 0 Å². The lowest BCUT2D eigenvalue weighted by atomic mass is 9.85. The summed E-state index contributed by atoms with van der Waals surface area (Å²) in [6.45, 7) is 3.44. The third-order valence-corrected chi connectivity index (χ3v) is 2.72. The highest BCUT2D eigenvalue weighted by atomic mass is 16.5. The van der Waals surface area contributed by atoms with Crippen LogP contribution in [-0.4, -0.2) is 49.5 Å². The van der Waals surface area contributed by atoms with Crippen LogP contribution in [-0.2, 0) is 4.74 Å². The molecule has 0 saturated carbocycles. The number of hydrogen-bond donors (Lipinski definition) is 1. The van der Waals surface area contributed by atoms with Gasteiger partial charge < -0.3 is 14.7 Å². The van der Waals surface area contributed by atoms with Gasteiger partial charge in [-0.25, -0.2) is 0 Å². The number of rotatable bonds is 0. The summed E-state index contributed by atoms with van der Waals surface area (Å²) >= 11 is 0. The molecule has 2 rings (SSSR count). The Hall–Kier alpha value is -0.120. The van der Waals surface area contributed by atoms with E-state index in [4.69, 9.17) is 4.74 Å². The zero-order valence-corrected chi connectivity index (χ0v) is 6.86. The Morgan fingerprint density at radius 1 is 1.27 bits per heavy atom. The van der Waals surface area contributed by atoms with E-state index in [1.165, 1.54) is 0 Å². The Labute approximate surface area is 66.9 Å². The van der Waals surface area contributed by atoms with Crippen molar-refractivity contribution in [3.05, 3.63) is 0 Å². The molecule has 3 nitrogen and oxygen atoms in total. The van der Waals surface area contributed by atoms with Crippen LogP contribution in [0.4, 0.5) is 0 Å². The van der Waals surface area contributed by atoms with Crippen molar-refractivity contribution < 1.29 is 9.84 Å². The highest BCUT2D eigenvalue weighted by molar-refractivity contribution is 4.88. The molecule has 1 N–H and O–H groups in total. The van der Waals surface area contributed by atoms with Crippen molar-refractivity contribution >= 4 is 0 Å². The summed E-state index contributed by atoms with van der Waals surface area (Å²) < 4.78 is 5.37. The number of ether oxygens (including phenoxy) is 1. The molecule has 2 atom stereocenters. The van der Waals surface area contributed by atoms with E-state index < -0.39 is 0 Å². The van der Waals surface area contributed by atoms with Gasteiger partial charge in [-0.05, 0) is 7.05 Å². The van der Waals surface area contributed by atoms with Crippen molar-refractivity contribution in [2.45, 2.75) is 6.10 Å². The maximum atomic E-state index is 9.70. The molecule has 2 saturated heterocycles. The molecule has 2 unspecified atom stereocenters. The maximum Gasteiger partial charge on any atom is 0.0665 e. The van der Waals surface area contributed by atoms with Crippen LogP contribution in [0.15, 0.2) is 0 Å². The first-order chi connectivity index (χ1) is 5.27. The van der Waals surface area contributed by atoms with Gasteiger partial charge in [-0.1, -0.05) is 0 Å². The molecule has 2 fully saturated rings. The Kier molecular flexibility index (Phi) is 1.87. The van der Waals surface area contributed by atoms with Gasteiger partial charge in [-0.2, -0.15) is 0 Å². The van der Waals surface area contributed by atoms with E-state index in [0.717, 1.165) is 26.3 Å². The molecule has 2 heterocycles. The maximum absolute atomic E-state index is 9.70. The fraction of sp³-hybridized carbons (Fsp3) is 1.00. The van der Waals surface area contributed by atoms with Gasteiger partial charge in [-0.3, -0.25) is 0 Å². The Morgan fingerprint density at radius 3 is 2.36 bits per heavy atom. The van der Waals surface area contributed by atoms with Gasteiger partial charge in [0, 0.05) is 24.9 Å². The number of fused-ring (bicyclic) bond motifs is 2. The predicted octanol–water partition coefficient (Wildman–Crippen LogP) is -0.445. The molecular weight excluding hydrogens is 142 g/mol. The first kappa shape index (κ1) is 7.53. The molecule has 0 aliphatic carbocycles. The molecule has 0 amide bonds. The van der Waals surface area contributed by atoms with Crippen molar-refractivity contribution in [2.75, 3.05) is 33.4 Å². The van der Waals surface area contributed by atoms with E-state index >= 15 is 0 Å². The third-order valence-electron chi connectivity index (χ3n) is 2.72. The number of nitrogens with zero attached hydrogens (tertiary/aromatic N) is 1. The monoisotopic (exact) mass is 157 g/mol. The second kappa shape index (κ2) is 2.73. The predicted molar refractivity (Wildman–Crippen MR) is 41.3 cm³/mol. The van der Waals surface area contributed by atoms with Crippen molar-refractivity contribution in [3.63, 3.8) is 0 Å². The van der Waals surface area contributed by atoms with Crippen LogP contribution >= 0.6 is 0 Å². The van der Waals surface area contributed by atoms with Gasteiger partial charge in [0.1, 0.15) is 0 Å². The second-order valence-electron chi connectivity index (χ2n) is 3.77. The molecule has 64 valence electrons. The molecule has 3 heteroatoms. The Morgan fingerprint density at radius 2 is 1.82 bits per heavy atom. The summed E-state index contributed by atoms with van der Waals surface area (Å²) in [5.74, 6) is 0.708. The highest BCUT2D eigenvalue weighted by Gasteiger charge is 2.37. The first-order valence-electron chi connectivity index (χ1n) is 4.21. The summed E-state index contributed by atoms with van der Waals surface area (Å²) in [4.78, 5) is 2.28. The topological polar surface area (TPSA) is 32.7 Å². The van der Waals surface area contributed by atoms with Gasteiger partial charge in [0.25, 0.3) is 0 Å². The summed E-state index contributed by atoms with van der Waals surface area (Å²) in [6, 6.07) is 0. The number of aliphatic hydroxyl groups is 1. The number of hydrogen-bond acceptors (Lipinski definition) is 3. The third kappa shape index (κ3) is 1.28. The molecular formula is C8H15NO2. The molecule has 0 aromatic rings. The van der Waals surface area contributed by atoms with Crippen molar-refractivity contribution in [3.8, 4) is 0 Å². The fourth-order valence-electron chi connectivity index (χ4n) is 2.15. The Balaban J connectivity index is 2.07. The van der Waals surface area contributed by atoms with E-state index in [-0.39, 0.29) is 6.10 Å². The Bertz CT molecular complexity index is 137. The van der Waals surface area contributed by atoms with E-state index in [0.29, 0.717) is 11.8 Å². The summed E-state index contributed by atoms with van der Waals surface area (Å²) in [5, 5.41) is 9.70. The molecule has 2 aliphatic rings. The summed E-state index contributed by atoms with van der Waals surface area (Å²) in [6.07, 6.45) is -0.111. The lowest BCUT2D eigenvalue weighted by Gasteiger charge is -2.43. The average molecular weight is 157 g/mol. The first-order valence-corrected chi connectivity index (χ1v) is 4.21. The molecule has 0 aromatic heterocycles. The zero-order chi connectivity index (χ0) is 7.84. The van der Waals surface area contributed by atoms with Crippen LogP contribution in [0.2, 0.25) is 0 Å². The van der Waals surface area contributed by atoms with Crippen molar-refractivity contribution in [2.24, 2.45) is 11.8 Å². The minimum atomic E-state index is -0.111. The van der Waals surface area contributed by atoms with Crippen LogP contribution < -0.4 is 0 Å². The fourth-order valence-corrected chi connectivity index (χ4v) is 2.15. The smallest absolute Gasteiger partial charge is 0.0665 e. The SMILES string of the molecule is CN1CC2COCC(C1)C2O. The molecule has 11 heavy (non-hydrogen) atoms. The molecule has 0 radical (unpaired) electrons. The normalized spacial score (nSPS) is 45.8. The van der Waals surface area contributed by atoms with E-state index in [1.807, 2.05) is 0 Å². The summed E-state index contributed by atoms with van der Waals surface area (Å²) in [7, 11) is 2.11. The van der Waals surface area contributed by atoms with Crippen LogP contribution in [0.25, 0.3) is 0 Å². The number of piperidine rings is 1. The molecule has 0 spiro atoms. The number of aliphatic hydroxyl groups excluding tert-OH is 1. The lowest BCUT2D eigenvalue weighted by Crippen LogP contribution is -2.54. The quantitative estimate of drug-likeness (QED) is 0.517. The van der Waals surface area contributed by atoms with Crippen LogP contribution in [0.1, 0.15) is 0 Å².